The second-order valence-corrected chi connectivity index (χ2v) is 11.3. The van der Waals surface area contributed by atoms with Crippen LogP contribution in [0.3, 0.4) is 0 Å². The molecular weight excluding hydrogens is 420 g/mol. The lowest BCUT2D eigenvalue weighted by molar-refractivity contribution is -0.168. The zero-order valence-electron chi connectivity index (χ0n) is 21.2. The van der Waals surface area contributed by atoms with Crippen molar-refractivity contribution in [2.75, 3.05) is 0 Å². The first kappa shape index (κ1) is 26.0. The number of esters is 3. The molecule has 3 fully saturated rings. The largest absolute Gasteiger partial charge is 0.463 e. The van der Waals surface area contributed by atoms with Gasteiger partial charge in [0, 0.05) is 20.8 Å². The van der Waals surface area contributed by atoms with Gasteiger partial charge in [-0.2, -0.15) is 0 Å². The van der Waals surface area contributed by atoms with Gasteiger partial charge < -0.3 is 14.2 Å². The Balaban J connectivity index is 1.63. The molecule has 0 radical (unpaired) electrons. The Bertz CT molecular complexity index is 705. The van der Waals surface area contributed by atoms with E-state index in [4.69, 9.17) is 14.2 Å². The van der Waals surface area contributed by atoms with Gasteiger partial charge in [0.15, 0.2) is 0 Å². The van der Waals surface area contributed by atoms with E-state index in [2.05, 4.69) is 6.92 Å². The van der Waals surface area contributed by atoms with Crippen LogP contribution in [0, 0.1) is 17.8 Å². The van der Waals surface area contributed by atoms with Crippen LogP contribution >= 0.6 is 0 Å². The predicted octanol–water partition coefficient (Wildman–Crippen LogP) is 5.89. The van der Waals surface area contributed by atoms with Crippen molar-refractivity contribution >= 4 is 17.9 Å². The van der Waals surface area contributed by atoms with E-state index < -0.39 is 5.60 Å². The van der Waals surface area contributed by atoms with Crippen LogP contribution in [0.1, 0.15) is 118 Å². The highest BCUT2D eigenvalue weighted by Crippen LogP contribution is 2.47. The molecule has 3 aliphatic rings. The number of hydrogen-bond acceptors (Lipinski definition) is 6. The van der Waals surface area contributed by atoms with Gasteiger partial charge in [-0.1, -0.05) is 6.42 Å². The van der Waals surface area contributed by atoms with Gasteiger partial charge in [-0.15, -0.1) is 0 Å². The van der Waals surface area contributed by atoms with Crippen LogP contribution in [0.5, 0.6) is 0 Å². The molecule has 0 saturated heterocycles. The van der Waals surface area contributed by atoms with E-state index in [0.717, 1.165) is 83.5 Å². The number of rotatable bonds is 7. The Morgan fingerprint density at radius 2 is 1.48 bits per heavy atom. The normalized spacial score (nSPS) is 37.1. The van der Waals surface area contributed by atoms with E-state index in [1.54, 1.807) is 0 Å². The molecule has 0 N–H and O–H groups in total. The van der Waals surface area contributed by atoms with E-state index in [1.165, 1.54) is 27.2 Å². The SMILES string of the molecule is CC(=O)OC1CCCC(C2CCCC(CCC3CCCC(C)(OC(C)=O)C3)(OC(C)=O)C2)C1. The number of hydrogen-bond donors (Lipinski definition) is 0. The first-order chi connectivity index (χ1) is 15.6. The number of carbonyl (C=O) groups is 3. The molecule has 0 amide bonds. The third-order valence-electron chi connectivity index (χ3n) is 8.30. The third kappa shape index (κ3) is 7.71. The fourth-order valence-corrected chi connectivity index (χ4v) is 7.13. The Morgan fingerprint density at radius 3 is 2.18 bits per heavy atom. The van der Waals surface area contributed by atoms with Crippen molar-refractivity contribution in [3.05, 3.63) is 0 Å². The van der Waals surface area contributed by atoms with Crippen LogP contribution in [0.2, 0.25) is 0 Å². The second kappa shape index (κ2) is 11.2. The van der Waals surface area contributed by atoms with Crippen LogP contribution in [0.25, 0.3) is 0 Å². The summed E-state index contributed by atoms with van der Waals surface area (Å²) in [6, 6.07) is 0. The highest BCUT2D eigenvalue weighted by Gasteiger charge is 2.44. The Hall–Kier alpha value is -1.59. The maximum atomic E-state index is 12.1. The van der Waals surface area contributed by atoms with E-state index in [9.17, 15) is 14.4 Å². The Morgan fingerprint density at radius 1 is 0.788 bits per heavy atom. The molecule has 0 heterocycles. The van der Waals surface area contributed by atoms with Crippen molar-refractivity contribution in [3.63, 3.8) is 0 Å². The molecule has 188 valence electrons. The molecule has 3 saturated carbocycles. The van der Waals surface area contributed by atoms with E-state index in [1.807, 2.05) is 0 Å². The fraction of sp³-hybridized carbons (Fsp3) is 0.889. The molecule has 0 aromatic heterocycles. The summed E-state index contributed by atoms with van der Waals surface area (Å²) in [5.41, 5.74) is -0.759. The summed E-state index contributed by atoms with van der Waals surface area (Å²) >= 11 is 0. The summed E-state index contributed by atoms with van der Waals surface area (Å²) in [7, 11) is 0. The lowest BCUT2D eigenvalue weighted by atomic mass is 9.66. The second-order valence-electron chi connectivity index (χ2n) is 11.3. The molecule has 3 aliphatic carbocycles. The zero-order chi connectivity index (χ0) is 24.1. The van der Waals surface area contributed by atoms with E-state index in [-0.39, 0.29) is 29.6 Å². The molecule has 6 unspecified atom stereocenters. The quantitative estimate of drug-likeness (QED) is 0.345. The molecule has 6 heteroatoms. The minimum absolute atomic E-state index is 0.0347. The fourth-order valence-electron chi connectivity index (χ4n) is 7.13. The molecule has 0 aliphatic heterocycles. The van der Waals surface area contributed by atoms with Gasteiger partial charge in [-0.05, 0) is 108 Å². The molecule has 0 aromatic carbocycles. The van der Waals surface area contributed by atoms with Gasteiger partial charge in [-0.3, -0.25) is 14.4 Å². The van der Waals surface area contributed by atoms with Gasteiger partial charge in [0.1, 0.15) is 17.3 Å². The minimum Gasteiger partial charge on any atom is -0.463 e. The predicted molar refractivity (Wildman–Crippen MR) is 125 cm³/mol. The summed E-state index contributed by atoms with van der Waals surface area (Å²) in [5.74, 6) is 0.940. The van der Waals surface area contributed by atoms with Crippen molar-refractivity contribution in [1.29, 1.82) is 0 Å². The van der Waals surface area contributed by atoms with Crippen molar-refractivity contribution in [2.45, 2.75) is 135 Å². The van der Waals surface area contributed by atoms with Crippen LogP contribution < -0.4 is 0 Å². The average Bonchev–Trinajstić information content (AvgIpc) is 2.71. The summed E-state index contributed by atoms with van der Waals surface area (Å²) < 4.78 is 17.3. The first-order valence-electron chi connectivity index (χ1n) is 13.1. The topological polar surface area (TPSA) is 78.9 Å². The lowest BCUT2D eigenvalue weighted by Crippen LogP contribution is -2.43. The molecule has 3 rings (SSSR count). The molecule has 6 nitrogen and oxygen atoms in total. The highest BCUT2D eigenvalue weighted by molar-refractivity contribution is 5.67. The third-order valence-corrected chi connectivity index (χ3v) is 8.30. The molecule has 0 aromatic rings. The smallest absolute Gasteiger partial charge is 0.303 e. The summed E-state index contributed by atoms with van der Waals surface area (Å²) in [4.78, 5) is 35.1. The van der Waals surface area contributed by atoms with Gasteiger partial charge in [0.05, 0.1) is 0 Å². The van der Waals surface area contributed by atoms with Crippen LogP contribution in [0.15, 0.2) is 0 Å². The van der Waals surface area contributed by atoms with Crippen molar-refractivity contribution in [2.24, 2.45) is 17.8 Å². The summed E-state index contributed by atoms with van der Waals surface area (Å²) in [5, 5.41) is 0. The Labute approximate surface area is 199 Å². The summed E-state index contributed by atoms with van der Waals surface area (Å²) in [6.07, 6.45) is 14.2. The van der Waals surface area contributed by atoms with E-state index in [0.29, 0.717) is 17.8 Å². The van der Waals surface area contributed by atoms with Crippen molar-refractivity contribution in [1.82, 2.24) is 0 Å². The van der Waals surface area contributed by atoms with Gasteiger partial charge >= 0.3 is 17.9 Å². The van der Waals surface area contributed by atoms with Crippen molar-refractivity contribution in [3.8, 4) is 0 Å². The molecule has 0 bridgehead atoms. The van der Waals surface area contributed by atoms with Gasteiger partial charge in [-0.25, -0.2) is 0 Å². The minimum atomic E-state index is -0.390. The zero-order valence-corrected chi connectivity index (χ0v) is 21.2. The van der Waals surface area contributed by atoms with Gasteiger partial charge in [0.25, 0.3) is 0 Å². The lowest BCUT2D eigenvalue weighted by Gasteiger charge is -2.45. The standard InChI is InChI=1S/C27H44O6/c1-19(28)31-25-11-5-9-23(16-25)24-10-7-14-27(18-24,33-21(3)30)15-12-22-8-6-13-26(4,17-22)32-20(2)29/h22-25H,5-18H2,1-4H3. The monoisotopic (exact) mass is 464 g/mol. The maximum Gasteiger partial charge on any atom is 0.303 e. The number of carbonyl (C=O) groups excluding carboxylic acids is 3. The van der Waals surface area contributed by atoms with Crippen LogP contribution in [0.4, 0.5) is 0 Å². The molecule has 0 spiro atoms. The van der Waals surface area contributed by atoms with Crippen LogP contribution in [-0.4, -0.2) is 35.2 Å². The van der Waals surface area contributed by atoms with Gasteiger partial charge in [0.2, 0.25) is 0 Å². The van der Waals surface area contributed by atoms with Crippen molar-refractivity contribution < 1.29 is 28.6 Å². The molecular formula is C27H44O6. The first-order valence-corrected chi connectivity index (χ1v) is 13.1. The average molecular weight is 465 g/mol. The number of ether oxygens (including phenoxy) is 3. The Kier molecular flexibility index (Phi) is 8.85. The summed E-state index contributed by atoms with van der Waals surface area (Å²) in [6.45, 7) is 6.57. The van der Waals surface area contributed by atoms with E-state index >= 15 is 0 Å². The molecule has 33 heavy (non-hydrogen) atoms. The van der Waals surface area contributed by atoms with Crippen LogP contribution in [-0.2, 0) is 28.6 Å². The maximum absolute atomic E-state index is 12.1. The molecule has 6 atom stereocenters. The highest BCUT2D eigenvalue weighted by atomic mass is 16.6.